The largest absolute Gasteiger partial charge is 0.303 e. The molecular weight excluding hydrogens is 224 g/mol. The molecule has 0 aromatic carbocycles. The van der Waals surface area contributed by atoms with Crippen molar-refractivity contribution in [1.29, 1.82) is 0 Å². The van der Waals surface area contributed by atoms with Crippen LogP contribution in [0.5, 0.6) is 0 Å². The van der Waals surface area contributed by atoms with Gasteiger partial charge in [-0.05, 0) is 51.7 Å². The Morgan fingerprint density at radius 2 is 2.11 bits per heavy atom. The van der Waals surface area contributed by atoms with Crippen LogP contribution in [0.1, 0.15) is 39.5 Å². The monoisotopic (exact) mass is 252 g/mol. The van der Waals surface area contributed by atoms with E-state index < -0.39 is 0 Å². The number of likely N-dealkylation sites (tertiary alicyclic amines) is 2. The topological polar surface area (TPSA) is 23.6 Å². The van der Waals surface area contributed by atoms with Gasteiger partial charge in [-0.2, -0.15) is 0 Å². The number of carbonyl (C=O) groups is 1. The van der Waals surface area contributed by atoms with Crippen LogP contribution in [0.4, 0.5) is 0 Å². The molecule has 2 heterocycles. The molecule has 0 radical (unpaired) electrons. The molecule has 2 aliphatic heterocycles. The quantitative estimate of drug-likeness (QED) is 0.715. The lowest BCUT2D eigenvalue weighted by Crippen LogP contribution is -2.54. The van der Waals surface area contributed by atoms with E-state index in [2.05, 4.69) is 30.7 Å². The van der Waals surface area contributed by atoms with Crippen molar-refractivity contribution in [3.05, 3.63) is 0 Å². The molecule has 0 N–H and O–H groups in total. The van der Waals surface area contributed by atoms with Crippen LogP contribution < -0.4 is 0 Å². The lowest BCUT2D eigenvalue weighted by Gasteiger charge is -2.47. The van der Waals surface area contributed by atoms with Gasteiger partial charge in [0.05, 0.1) is 0 Å². The first-order chi connectivity index (χ1) is 8.58. The molecule has 3 atom stereocenters. The second-order valence-electron chi connectivity index (χ2n) is 6.60. The van der Waals surface area contributed by atoms with E-state index in [1.54, 1.807) is 0 Å². The highest BCUT2D eigenvalue weighted by Gasteiger charge is 2.36. The molecule has 2 rings (SSSR count). The first-order valence-corrected chi connectivity index (χ1v) is 7.47. The van der Waals surface area contributed by atoms with Gasteiger partial charge >= 0.3 is 0 Å². The molecule has 3 nitrogen and oxygen atoms in total. The van der Waals surface area contributed by atoms with Crippen molar-refractivity contribution in [3.63, 3.8) is 0 Å². The molecule has 0 aliphatic carbocycles. The number of aldehydes is 1. The zero-order chi connectivity index (χ0) is 13.2. The summed E-state index contributed by atoms with van der Waals surface area (Å²) in [6, 6.07) is 0.791. The highest BCUT2D eigenvalue weighted by molar-refractivity contribution is 5.58. The van der Waals surface area contributed by atoms with Gasteiger partial charge < -0.3 is 14.6 Å². The smallest absolute Gasteiger partial charge is 0.127 e. The lowest BCUT2D eigenvalue weighted by atomic mass is 9.82. The fraction of sp³-hybridized carbons (Fsp3) is 0.933. The maximum absolute atomic E-state index is 11.2. The second kappa shape index (κ2) is 5.70. The Kier molecular flexibility index (Phi) is 4.44. The van der Waals surface area contributed by atoms with Crippen LogP contribution in [0.2, 0.25) is 0 Å². The molecule has 104 valence electrons. The molecular formula is C15H28N2O. The van der Waals surface area contributed by atoms with Gasteiger partial charge in [0, 0.05) is 24.5 Å². The van der Waals surface area contributed by atoms with Crippen LogP contribution in [0.3, 0.4) is 0 Å². The minimum absolute atomic E-state index is 0.145. The molecule has 3 unspecified atom stereocenters. The van der Waals surface area contributed by atoms with Crippen molar-refractivity contribution < 1.29 is 4.79 Å². The molecule has 2 fully saturated rings. The third-order valence-electron chi connectivity index (χ3n) is 5.11. The first kappa shape index (κ1) is 14.0. The lowest BCUT2D eigenvalue weighted by molar-refractivity contribution is -0.117. The second-order valence-corrected chi connectivity index (χ2v) is 6.60. The Morgan fingerprint density at radius 1 is 1.33 bits per heavy atom. The van der Waals surface area contributed by atoms with Gasteiger partial charge in [0.25, 0.3) is 0 Å². The molecule has 0 amide bonds. The highest BCUT2D eigenvalue weighted by atomic mass is 16.1. The van der Waals surface area contributed by atoms with Crippen LogP contribution in [-0.2, 0) is 4.79 Å². The number of nitrogens with zero attached hydrogens (tertiary/aromatic N) is 2. The maximum Gasteiger partial charge on any atom is 0.127 e. The van der Waals surface area contributed by atoms with E-state index in [0.717, 1.165) is 37.8 Å². The van der Waals surface area contributed by atoms with E-state index >= 15 is 0 Å². The fourth-order valence-corrected chi connectivity index (χ4v) is 3.61. The Bertz CT molecular complexity index is 294. The number of rotatable bonds is 4. The van der Waals surface area contributed by atoms with Gasteiger partial charge in [-0.1, -0.05) is 13.8 Å². The summed E-state index contributed by atoms with van der Waals surface area (Å²) < 4.78 is 0. The van der Waals surface area contributed by atoms with Gasteiger partial charge in [0.15, 0.2) is 0 Å². The van der Waals surface area contributed by atoms with Crippen molar-refractivity contribution in [1.82, 2.24) is 9.80 Å². The van der Waals surface area contributed by atoms with Gasteiger partial charge in [-0.3, -0.25) is 0 Å². The Balaban J connectivity index is 1.92. The van der Waals surface area contributed by atoms with Crippen molar-refractivity contribution in [2.45, 2.75) is 45.6 Å². The van der Waals surface area contributed by atoms with Crippen LogP contribution >= 0.6 is 0 Å². The van der Waals surface area contributed by atoms with Crippen LogP contribution in [0.15, 0.2) is 0 Å². The van der Waals surface area contributed by atoms with E-state index in [-0.39, 0.29) is 5.41 Å². The number of piperidine rings is 2. The molecule has 3 heteroatoms. The zero-order valence-corrected chi connectivity index (χ0v) is 12.2. The zero-order valence-electron chi connectivity index (χ0n) is 12.2. The number of hydrogen-bond donors (Lipinski definition) is 0. The molecule has 0 saturated carbocycles. The van der Waals surface area contributed by atoms with Crippen molar-refractivity contribution >= 4 is 6.29 Å². The van der Waals surface area contributed by atoms with Crippen molar-refractivity contribution in [2.75, 3.05) is 33.2 Å². The predicted molar refractivity (Wildman–Crippen MR) is 74.7 cm³/mol. The highest BCUT2D eigenvalue weighted by Crippen LogP contribution is 2.31. The third-order valence-corrected chi connectivity index (χ3v) is 5.11. The predicted octanol–water partition coefficient (Wildman–Crippen LogP) is 2.02. The maximum atomic E-state index is 11.2. The average Bonchev–Trinajstić information content (AvgIpc) is 2.39. The summed E-state index contributed by atoms with van der Waals surface area (Å²) in [4.78, 5) is 16.3. The number of fused-ring (bicyclic) bond motifs is 1. The number of carbonyl (C=O) groups excluding carboxylic acids is 1. The minimum Gasteiger partial charge on any atom is -0.303 e. The van der Waals surface area contributed by atoms with Gasteiger partial charge in [-0.25, -0.2) is 0 Å². The van der Waals surface area contributed by atoms with E-state index in [0.29, 0.717) is 0 Å². The molecule has 2 saturated heterocycles. The van der Waals surface area contributed by atoms with Crippen molar-refractivity contribution in [2.24, 2.45) is 11.3 Å². The summed E-state index contributed by atoms with van der Waals surface area (Å²) in [5, 5.41) is 0. The molecule has 2 aliphatic rings. The van der Waals surface area contributed by atoms with Gasteiger partial charge in [-0.15, -0.1) is 0 Å². The molecule has 0 spiro atoms. The minimum atomic E-state index is -0.145. The standard InChI is InChI=1S/C15H28N2O/c1-4-15(2,12-18)11-17-9-7-14-13(10-17)6-5-8-16(14)3/h12-14H,4-11H2,1-3H3. The summed E-state index contributed by atoms with van der Waals surface area (Å²) in [6.45, 7) is 8.78. The van der Waals surface area contributed by atoms with E-state index in [1.807, 2.05) is 0 Å². The van der Waals surface area contributed by atoms with Crippen LogP contribution in [-0.4, -0.2) is 55.4 Å². The van der Waals surface area contributed by atoms with Gasteiger partial charge in [0.1, 0.15) is 6.29 Å². The normalized spacial score (nSPS) is 33.7. The number of hydrogen-bond acceptors (Lipinski definition) is 3. The van der Waals surface area contributed by atoms with Crippen LogP contribution in [0.25, 0.3) is 0 Å². The van der Waals surface area contributed by atoms with E-state index in [1.165, 1.54) is 32.4 Å². The first-order valence-electron chi connectivity index (χ1n) is 7.47. The Labute approximate surface area is 112 Å². The Hall–Kier alpha value is -0.410. The summed E-state index contributed by atoms with van der Waals surface area (Å²) in [6.07, 6.45) is 6.09. The fourth-order valence-electron chi connectivity index (χ4n) is 3.61. The van der Waals surface area contributed by atoms with Gasteiger partial charge in [0.2, 0.25) is 0 Å². The summed E-state index contributed by atoms with van der Waals surface area (Å²) >= 11 is 0. The average molecular weight is 252 g/mol. The molecule has 0 aromatic rings. The van der Waals surface area contributed by atoms with Crippen molar-refractivity contribution in [3.8, 4) is 0 Å². The summed E-state index contributed by atoms with van der Waals surface area (Å²) in [5.74, 6) is 0.824. The SMILES string of the molecule is CCC(C)(C=O)CN1CCC2C(CCCN2C)C1. The third kappa shape index (κ3) is 2.94. The molecule has 0 bridgehead atoms. The van der Waals surface area contributed by atoms with E-state index in [4.69, 9.17) is 0 Å². The molecule has 0 aromatic heterocycles. The van der Waals surface area contributed by atoms with Crippen LogP contribution in [0, 0.1) is 11.3 Å². The molecule has 18 heavy (non-hydrogen) atoms. The Morgan fingerprint density at radius 3 is 2.78 bits per heavy atom. The summed E-state index contributed by atoms with van der Waals surface area (Å²) in [5.41, 5.74) is -0.145. The van der Waals surface area contributed by atoms with E-state index in [9.17, 15) is 4.79 Å². The summed E-state index contributed by atoms with van der Waals surface area (Å²) in [7, 11) is 2.27.